The lowest BCUT2D eigenvalue weighted by atomic mass is 10.1. The van der Waals surface area contributed by atoms with Gasteiger partial charge in [-0.1, -0.05) is 61.2 Å². The van der Waals surface area contributed by atoms with Crippen molar-refractivity contribution in [2.24, 2.45) is 0 Å². The van der Waals surface area contributed by atoms with E-state index in [0.717, 1.165) is 15.8 Å². The third-order valence-corrected chi connectivity index (χ3v) is 8.13. The molecule has 1 aromatic heterocycles. The molecule has 4 aromatic rings. The van der Waals surface area contributed by atoms with Crippen LogP contribution in [0.15, 0.2) is 76.7 Å². The lowest BCUT2D eigenvalue weighted by Crippen LogP contribution is -2.24. The molecule has 154 valence electrons. The molecule has 0 aliphatic rings. The molecule has 0 spiro atoms. The van der Waals surface area contributed by atoms with Crippen LogP contribution in [0, 0.1) is 0 Å². The third-order valence-electron chi connectivity index (χ3n) is 5.15. The zero-order valence-electron chi connectivity index (χ0n) is 16.7. The van der Waals surface area contributed by atoms with E-state index in [4.69, 9.17) is 0 Å². The van der Waals surface area contributed by atoms with Gasteiger partial charge in [0.25, 0.3) is 0 Å². The molecule has 1 heterocycles. The number of aromatic hydroxyl groups is 1. The molecule has 1 atom stereocenters. The molecule has 7 heteroatoms. The highest BCUT2D eigenvalue weighted by Gasteiger charge is 2.21. The predicted octanol–water partition coefficient (Wildman–Crippen LogP) is 5.79. The van der Waals surface area contributed by atoms with Gasteiger partial charge >= 0.3 is 0 Å². The van der Waals surface area contributed by atoms with Gasteiger partial charge < -0.3 is 5.11 Å². The van der Waals surface area contributed by atoms with E-state index in [9.17, 15) is 13.5 Å². The highest BCUT2D eigenvalue weighted by Crippen LogP contribution is 2.44. The predicted molar refractivity (Wildman–Crippen MR) is 124 cm³/mol. The Morgan fingerprint density at radius 3 is 2.53 bits per heavy atom. The minimum atomic E-state index is -3.55. The van der Waals surface area contributed by atoms with Gasteiger partial charge in [-0.15, -0.1) is 0 Å². The van der Waals surface area contributed by atoms with Gasteiger partial charge in [0.05, 0.1) is 21.3 Å². The summed E-state index contributed by atoms with van der Waals surface area (Å²) in [4.78, 5) is 5.92. The molecule has 2 N–H and O–H groups in total. The molecule has 0 saturated heterocycles. The van der Waals surface area contributed by atoms with Crippen LogP contribution in [-0.2, 0) is 10.0 Å². The van der Waals surface area contributed by atoms with E-state index >= 15 is 0 Å². The molecule has 0 amide bonds. The summed E-state index contributed by atoms with van der Waals surface area (Å²) in [5.41, 5.74) is 1.29. The fourth-order valence-corrected chi connectivity index (χ4v) is 5.40. The number of anilines is 1. The van der Waals surface area contributed by atoms with Crippen molar-refractivity contribution in [1.82, 2.24) is 4.98 Å². The van der Waals surface area contributed by atoms with Crippen LogP contribution in [0.25, 0.3) is 21.7 Å². The first-order valence-electron chi connectivity index (χ1n) is 9.68. The van der Waals surface area contributed by atoms with Crippen molar-refractivity contribution in [2.75, 3.05) is 4.72 Å². The molecule has 0 aliphatic carbocycles. The molecule has 3 aromatic carbocycles. The van der Waals surface area contributed by atoms with Crippen molar-refractivity contribution in [2.45, 2.75) is 35.3 Å². The normalized spacial score (nSPS) is 12.9. The highest BCUT2D eigenvalue weighted by molar-refractivity contribution is 7.99. The van der Waals surface area contributed by atoms with Gasteiger partial charge in [-0.3, -0.25) is 9.71 Å². The van der Waals surface area contributed by atoms with Gasteiger partial charge in [0, 0.05) is 27.3 Å². The number of para-hydroxylation sites is 1. The van der Waals surface area contributed by atoms with Gasteiger partial charge in [0.2, 0.25) is 10.0 Å². The minimum absolute atomic E-state index is 0.120. The van der Waals surface area contributed by atoms with Crippen molar-refractivity contribution >= 4 is 49.1 Å². The molecule has 5 nitrogen and oxygen atoms in total. The second-order valence-corrected chi connectivity index (χ2v) is 10.3. The van der Waals surface area contributed by atoms with Crippen molar-refractivity contribution in [3.05, 3.63) is 66.9 Å². The molecule has 0 radical (unpaired) electrons. The average Bonchev–Trinajstić information content (AvgIpc) is 2.76. The molecule has 0 aliphatic heterocycles. The summed E-state index contributed by atoms with van der Waals surface area (Å²) in [7, 11) is -3.55. The first-order valence-corrected chi connectivity index (χ1v) is 12.0. The van der Waals surface area contributed by atoms with E-state index < -0.39 is 15.3 Å². The van der Waals surface area contributed by atoms with Crippen LogP contribution < -0.4 is 4.72 Å². The van der Waals surface area contributed by atoms with E-state index in [2.05, 4.69) is 9.71 Å². The van der Waals surface area contributed by atoms with Crippen LogP contribution in [0.2, 0.25) is 0 Å². The summed E-state index contributed by atoms with van der Waals surface area (Å²) in [5, 5.41) is 12.7. The first-order chi connectivity index (χ1) is 14.4. The largest absolute Gasteiger partial charge is 0.506 e. The van der Waals surface area contributed by atoms with Crippen molar-refractivity contribution in [1.29, 1.82) is 0 Å². The van der Waals surface area contributed by atoms with Gasteiger partial charge in [0.1, 0.15) is 5.75 Å². The lowest BCUT2D eigenvalue weighted by molar-refractivity contribution is 0.469. The van der Waals surface area contributed by atoms with Gasteiger partial charge in [-0.2, -0.15) is 0 Å². The van der Waals surface area contributed by atoms with Crippen molar-refractivity contribution in [3.63, 3.8) is 0 Å². The lowest BCUT2D eigenvalue weighted by Gasteiger charge is -2.17. The number of hydrogen-bond donors (Lipinski definition) is 2. The number of phenolic OH excluding ortho intramolecular Hbond substituents is 1. The zero-order valence-corrected chi connectivity index (χ0v) is 18.3. The Morgan fingerprint density at radius 1 is 1.03 bits per heavy atom. The van der Waals surface area contributed by atoms with Crippen LogP contribution in [0.5, 0.6) is 5.75 Å². The van der Waals surface area contributed by atoms with Gasteiger partial charge in [-0.05, 0) is 31.5 Å². The maximum atomic E-state index is 12.7. The van der Waals surface area contributed by atoms with Crippen LogP contribution in [0.1, 0.15) is 20.3 Å². The van der Waals surface area contributed by atoms with Gasteiger partial charge in [-0.25, -0.2) is 8.42 Å². The summed E-state index contributed by atoms with van der Waals surface area (Å²) in [6.07, 6.45) is 2.24. The molecular weight excluding hydrogens is 416 g/mol. The van der Waals surface area contributed by atoms with Gasteiger partial charge in [0.15, 0.2) is 0 Å². The Labute approximate surface area is 180 Å². The van der Waals surface area contributed by atoms with E-state index in [0.29, 0.717) is 27.8 Å². The molecule has 0 fully saturated rings. The number of rotatable bonds is 6. The van der Waals surface area contributed by atoms with E-state index in [1.807, 2.05) is 49.4 Å². The second kappa shape index (κ2) is 8.16. The van der Waals surface area contributed by atoms with E-state index in [-0.39, 0.29) is 5.75 Å². The molecule has 1 unspecified atom stereocenters. The zero-order chi connectivity index (χ0) is 21.3. The summed E-state index contributed by atoms with van der Waals surface area (Å²) >= 11 is 1.37. The van der Waals surface area contributed by atoms with Crippen LogP contribution in [0.4, 0.5) is 5.69 Å². The summed E-state index contributed by atoms with van der Waals surface area (Å²) in [6.45, 7) is 3.52. The third kappa shape index (κ3) is 3.82. The molecule has 4 rings (SSSR count). The Bertz CT molecular complexity index is 1330. The SMILES string of the molecule is CCC(C)S(=O)(=O)Nc1cc(Sc2cccc3cccnc23)c(O)c2ccccc12. The summed E-state index contributed by atoms with van der Waals surface area (Å²) < 4.78 is 28.2. The number of nitrogens with one attached hydrogen (secondary N) is 1. The van der Waals surface area contributed by atoms with Crippen LogP contribution in [0.3, 0.4) is 0 Å². The summed E-state index contributed by atoms with van der Waals surface area (Å²) in [5.74, 6) is 0.120. The Kier molecular flexibility index (Phi) is 5.58. The fourth-order valence-electron chi connectivity index (χ4n) is 3.25. The number of aromatic nitrogens is 1. The molecule has 0 saturated carbocycles. The Hall–Kier alpha value is -2.77. The first kappa shape index (κ1) is 20.5. The standard InChI is InChI=1S/C23H22N2O3S2/c1-3-15(2)30(27,28)25-19-14-21(23(26)18-11-5-4-10-17(18)19)29-20-12-6-8-16-9-7-13-24-22(16)20/h4-15,25-26H,3H2,1-2H3. The number of pyridine rings is 1. The number of phenols is 1. The number of hydrogen-bond acceptors (Lipinski definition) is 5. The quantitative estimate of drug-likeness (QED) is 0.373. The Morgan fingerprint density at radius 2 is 1.77 bits per heavy atom. The summed E-state index contributed by atoms with van der Waals surface area (Å²) in [6, 6.07) is 18.7. The van der Waals surface area contributed by atoms with Crippen molar-refractivity contribution < 1.29 is 13.5 Å². The van der Waals surface area contributed by atoms with E-state index in [1.54, 1.807) is 31.3 Å². The second-order valence-electron chi connectivity index (χ2n) is 7.12. The average molecular weight is 439 g/mol. The topological polar surface area (TPSA) is 79.3 Å². The smallest absolute Gasteiger partial charge is 0.235 e. The monoisotopic (exact) mass is 438 g/mol. The molecule has 30 heavy (non-hydrogen) atoms. The van der Waals surface area contributed by atoms with Crippen LogP contribution in [-0.4, -0.2) is 23.8 Å². The van der Waals surface area contributed by atoms with Crippen molar-refractivity contribution in [3.8, 4) is 5.75 Å². The minimum Gasteiger partial charge on any atom is -0.506 e. The maximum Gasteiger partial charge on any atom is 0.235 e. The number of benzene rings is 3. The molecule has 0 bridgehead atoms. The number of sulfonamides is 1. The van der Waals surface area contributed by atoms with Crippen LogP contribution >= 0.6 is 11.8 Å². The molecular formula is C23H22N2O3S2. The fraction of sp³-hybridized carbons (Fsp3) is 0.174. The van der Waals surface area contributed by atoms with E-state index in [1.165, 1.54) is 11.8 Å². The number of fused-ring (bicyclic) bond motifs is 2. The highest BCUT2D eigenvalue weighted by atomic mass is 32.2. The number of nitrogens with zero attached hydrogens (tertiary/aromatic N) is 1. The maximum absolute atomic E-state index is 12.7. The Balaban J connectivity index is 1.85.